The Morgan fingerprint density at radius 3 is 2.76 bits per heavy atom. The van der Waals surface area contributed by atoms with E-state index in [1.54, 1.807) is 37.1 Å². The third-order valence-corrected chi connectivity index (χ3v) is 6.93. The minimum atomic E-state index is -1.41. The fourth-order valence-electron chi connectivity index (χ4n) is 4.34. The molecule has 1 aromatic heterocycles. The van der Waals surface area contributed by atoms with Gasteiger partial charge in [0.15, 0.2) is 17.3 Å². The highest BCUT2D eigenvalue weighted by molar-refractivity contribution is 6.31. The van der Waals surface area contributed by atoms with E-state index in [1.165, 1.54) is 25.6 Å². The number of aliphatic carboxylic acids is 1. The Morgan fingerprint density at radius 1 is 1.32 bits per heavy atom. The number of likely N-dealkylation sites (tertiary alicyclic amines) is 1. The van der Waals surface area contributed by atoms with Gasteiger partial charge in [-0.2, -0.15) is 0 Å². The number of hydrogen-bond acceptors (Lipinski definition) is 9. The van der Waals surface area contributed by atoms with Crippen molar-refractivity contribution in [2.45, 2.75) is 31.0 Å². The van der Waals surface area contributed by atoms with Crippen LogP contribution >= 0.6 is 11.6 Å². The van der Waals surface area contributed by atoms with Crippen molar-refractivity contribution in [1.82, 2.24) is 20.2 Å². The van der Waals surface area contributed by atoms with Crippen molar-refractivity contribution in [3.05, 3.63) is 47.5 Å². The van der Waals surface area contributed by atoms with Crippen LogP contribution < -0.4 is 20.1 Å². The van der Waals surface area contributed by atoms with Crippen LogP contribution in [-0.4, -0.2) is 82.0 Å². The Morgan fingerprint density at radius 2 is 2.08 bits per heavy atom. The molecule has 202 valence electrons. The number of methoxy groups -OCH3 is 1. The summed E-state index contributed by atoms with van der Waals surface area (Å²) in [4.78, 5) is 34.5. The number of aliphatic hydroxyl groups excluding tert-OH is 1. The Balaban J connectivity index is 1.61. The van der Waals surface area contributed by atoms with E-state index >= 15 is 0 Å². The molecular weight excluding hydrogens is 521 g/mol. The number of benzene rings is 2. The first-order valence-corrected chi connectivity index (χ1v) is 12.0. The minimum absolute atomic E-state index is 0.0369. The van der Waals surface area contributed by atoms with Gasteiger partial charge in [-0.3, -0.25) is 9.69 Å². The highest BCUT2D eigenvalue weighted by atomic mass is 35.5. The predicted octanol–water partition coefficient (Wildman–Crippen LogP) is 2.58. The third kappa shape index (κ3) is 5.28. The molecule has 0 radical (unpaired) electrons. The van der Waals surface area contributed by atoms with Crippen molar-refractivity contribution in [3.8, 4) is 11.5 Å². The summed E-state index contributed by atoms with van der Waals surface area (Å²) in [7, 11) is 3.21. The molecule has 1 aliphatic rings. The SMILES string of the molecule is COc1cc2ncnc(Nc3cccc(Cl)c3F)c2cc1O[C@@H]1CN(C)[C@@](C)(C(=O)N[C@@H](CO)C(=O)O)C1. The van der Waals surface area contributed by atoms with Crippen LogP contribution in [0.3, 0.4) is 0 Å². The number of nitrogens with zero attached hydrogens (tertiary/aromatic N) is 3. The van der Waals surface area contributed by atoms with Crippen LogP contribution in [0.5, 0.6) is 11.5 Å². The zero-order valence-electron chi connectivity index (χ0n) is 20.9. The zero-order valence-corrected chi connectivity index (χ0v) is 21.6. The topological polar surface area (TPSA) is 146 Å². The molecule has 0 aliphatic carbocycles. The number of carbonyl (C=O) groups excluding carboxylic acids is 1. The second kappa shape index (κ2) is 10.9. The van der Waals surface area contributed by atoms with Crippen molar-refractivity contribution in [3.63, 3.8) is 0 Å². The summed E-state index contributed by atoms with van der Waals surface area (Å²) < 4.78 is 26.3. The summed E-state index contributed by atoms with van der Waals surface area (Å²) in [6, 6.07) is 6.49. The first-order chi connectivity index (χ1) is 18.1. The molecule has 1 amide bonds. The molecule has 4 rings (SSSR count). The Labute approximate surface area is 222 Å². The van der Waals surface area contributed by atoms with Crippen LogP contribution in [-0.2, 0) is 9.59 Å². The van der Waals surface area contributed by atoms with Gasteiger partial charge in [-0.05, 0) is 32.2 Å². The van der Waals surface area contributed by atoms with E-state index in [-0.39, 0.29) is 17.1 Å². The number of anilines is 2. The van der Waals surface area contributed by atoms with Crippen LogP contribution in [0.2, 0.25) is 5.02 Å². The van der Waals surface area contributed by atoms with Crippen molar-refractivity contribution < 1.29 is 33.7 Å². The highest BCUT2D eigenvalue weighted by Gasteiger charge is 2.47. The molecule has 1 fully saturated rings. The first-order valence-electron chi connectivity index (χ1n) is 11.6. The normalized spacial score (nSPS) is 20.2. The smallest absolute Gasteiger partial charge is 0.328 e. The van der Waals surface area contributed by atoms with Gasteiger partial charge in [-0.25, -0.2) is 19.2 Å². The number of carbonyl (C=O) groups is 2. The quantitative estimate of drug-likeness (QED) is 0.315. The molecule has 2 heterocycles. The lowest BCUT2D eigenvalue weighted by Gasteiger charge is -2.31. The van der Waals surface area contributed by atoms with Crippen LogP contribution in [0.4, 0.5) is 15.9 Å². The van der Waals surface area contributed by atoms with E-state index in [9.17, 15) is 24.2 Å². The van der Waals surface area contributed by atoms with E-state index < -0.39 is 42.0 Å². The Kier molecular flexibility index (Phi) is 7.86. The molecular formula is C25H27ClFN5O6. The van der Waals surface area contributed by atoms with Crippen molar-refractivity contribution in [2.75, 3.05) is 32.6 Å². The zero-order chi connectivity index (χ0) is 27.6. The number of carboxylic acids is 1. The molecule has 0 spiro atoms. The van der Waals surface area contributed by atoms with E-state index in [4.69, 9.17) is 21.1 Å². The van der Waals surface area contributed by atoms with Crippen molar-refractivity contribution >= 4 is 45.9 Å². The first kappa shape index (κ1) is 27.3. The molecule has 0 bridgehead atoms. The number of aromatic nitrogens is 2. The fraction of sp³-hybridized carbons (Fsp3) is 0.360. The number of nitrogens with one attached hydrogen (secondary N) is 2. The van der Waals surface area contributed by atoms with Crippen LogP contribution in [0, 0.1) is 5.82 Å². The molecule has 1 saturated heterocycles. The van der Waals surface area contributed by atoms with Gasteiger partial charge in [-0.15, -0.1) is 0 Å². The summed E-state index contributed by atoms with van der Waals surface area (Å²) in [6.07, 6.45) is 1.10. The Bertz CT molecular complexity index is 1380. The number of aliphatic hydroxyl groups is 1. The number of likely N-dealkylation sites (N-methyl/N-ethyl adjacent to an activating group) is 1. The van der Waals surface area contributed by atoms with Crippen LogP contribution in [0.1, 0.15) is 13.3 Å². The van der Waals surface area contributed by atoms with Crippen LogP contribution in [0.25, 0.3) is 10.9 Å². The lowest BCUT2D eigenvalue weighted by atomic mass is 9.96. The second-order valence-electron chi connectivity index (χ2n) is 9.11. The lowest BCUT2D eigenvalue weighted by Crippen LogP contribution is -2.56. The molecule has 3 atom stereocenters. The molecule has 1 aliphatic heterocycles. The standard InChI is InChI=1S/C25H27ClFN5O6/c1-25(24(36)31-18(11-33)23(34)35)9-13(10-32(25)2)38-20-7-14-17(8-19(20)37-3)28-12-29-22(14)30-16-6-4-5-15(26)21(16)27/h4-8,12-13,18,33H,9-11H2,1-3H3,(H,31,36)(H,34,35)(H,28,29,30)/t13-,18-,25+/m0/s1. The number of amides is 1. The molecule has 4 N–H and O–H groups in total. The van der Waals surface area contributed by atoms with Gasteiger partial charge in [0.2, 0.25) is 5.91 Å². The summed E-state index contributed by atoms with van der Waals surface area (Å²) in [5.74, 6) is -1.43. The summed E-state index contributed by atoms with van der Waals surface area (Å²) in [6.45, 7) is 1.30. The van der Waals surface area contributed by atoms with Crippen LogP contribution in [0.15, 0.2) is 36.7 Å². The van der Waals surface area contributed by atoms with E-state index in [2.05, 4.69) is 20.6 Å². The molecule has 2 aromatic carbocycles. The summed E-state index contributed by atoms with van der Waals surface area (Å²) in [5, 5.41) is 24.3. The molecule has 3 aromatic rings. The van der Waals surface area contributed by atoms with Crippen molar-refractivity contribution in [1.29, 1.82) is 0 Å². The molecule has 0 saturated carbocycles. The van der Waals surface area contributed by atoms with E-state index in [0.717, 1.165) is 0 Å². The molecule has 0 unspecified atom stereocenters. The summed E-state index contributed by atoms with van der Waals surface area (Å²) in [5.41, 5.74) is -0.430. The average molecular weight is 548 g/mol. The Hall–Kier alpha value is -3.74. The number of halogens is 2. The predicted molar refractivity (Wildman–Crippen MR) is 138 cm³/mol. The molecule has 13 heteroatoms. The highest BCUT2D eigenvalue weighted by Crippen LogP contribution is 2.38. The average Bonchev–Trinajstić information content (AvgIpc) is 3.18. The maximum Gasteiger partial charge on any atom is 0.328 e. The third-order valence-electron chi connectivity index (χ3n) is 6.64. The minimum Gasteiger partial charge on any atom is -0.493 e. The van der Waals surface area contributed by atoms with Gasteiger partial charge < -0.3 is 30.3 Å². The second-order valence-corrected chi connectivity index (χ2v) is 9.52. The van der Waals surface area contributed by atoms with Gasteiger partial charge in [0.05, 0.1) is 29.9 Å². The number of ether oxygens (including phenoxy) is 2. The largest absolute Gasteiger partial charge is 0.493 e. The van der Waals surface area contributed by atoms with E-state index in [0.29, 0.717) is 34.8 Å². The van der Waals surface area contributed by atoms with Gasteiger partial charge >= 0.3 is 5.97 Å². The van der Waals surface area contributed by atoms with Gasteiger partial charge in [0, 0.05) is 24.4 Å². The maximum atomic E-state index is 14.5. The maximum absolute atomic E-state index is 14.5. The number of fused-ring (bicyclic) bond motifs is 1. The molecule has 11 nitrogen and oxygen atoms in total. The monoisotopic (exact) mass is 547 g/mol. The molecule has 38 heavy (non-hydrogen) atoms. The number of carboxylic acid groups (broad SMARTS) is 1. The number of rotatable bonds is 9. The van der Waals surface area contributed by atoms with Gasteiger partial charge in [0.25, 0.3) is 0 Å². The van der Waals surface area contributed by atoms with Gasteiger partial charge in [0.1, 0.15) is 29.8 Å². The summed E-state index contributed by atoms with van der Waals surface area (Å²) >= 11 is 5.91. The fourth-order valence-corrected chi connectivity index (χ4v) is 4.51. The van der Waals surface area contributed by atoms with Gasteiger partial charge in [-0.1, -0.05) is 17.7 Å². The van der Waals surface area contributed by atoms with Crippen molar-refractivity contribution in [2.24, 2.45) is 0 Å². The van der Waals surface area contributed by atoms with E-state index in [1.807, 2.05) is 0 Å². The lowest BCUT2D eigenvalue weighted by molar-refractivity contribution is -0.144. The number of hydrogen-bond donors (Lipinski definition) is 4.